The molecule has 0 saturated heterocycles. The van der Waals surface area contributed by atoms with Crippen LogP contribution in [0.5, 0.6) is 23.0 Å². The number of hydrogen-bond acceptors (Lipinski definition) is 6. The summed E-state index contributed by atoms with van der Waals surface area (Å²) in [6.07, 6.45) is 14.5. The average Bonchev–Trinajstić information content (AvgIpc) is 1.69. The second kappa shape index (κ2) is 23.9. The van der Waals surface area contributed by atoms with Gasteiger partial charge in [-0.3, -0.25) is 0 Å². The number of nitrogens with one attached hydrogen (secondary N) is 1. The van der Waals surface area contributed by atoms with Gasteiger partial charge in [-0.25, -0.2) is 9.13 Å². The van der Waals surface area contributed by atoms with Gasteiger partial charge in [0.1, 0.15) is 23.0 Å². The lowest BCUT2D eigenvalue weighted by Gasteiger charge is -2.28. The SMILES string of the molecule is O=P1(NP2(=O)Oc3c(-c4cc5ccccc5c5ccccc45)cc4c(c3-c3c5c(cc(-c6cc7ccccc7c7ccccc67)c3O2)CCCC5)CCCC4)Oc2c(-c3cc4ccccc4c4ccccc34)cc3c(c2-c2c4c(cc(-c5cc6ccccc6c6ccccc56)c2O1)CCCC4)CCCC3. The summed E-state index contributed by atoms with van der Waals surface area (Å²) in [7, 11) is -10.4. The minimum Gasteiger partial charge on any atom is -0.403 e. The van der Waals surface area contributed by atoms with Crippen molar-refractivity contribution in [3.8, 4) is 89.8 Å². The quantitative estimate of drug-likeness (QED) is 0.131. The molecule has 1 N–H and O–H groups in total. The van der Waals surface area contributed by atoms with E-state index >= 15 is 9.13 Å². The molecule has 0 unspecified atom stereocenters. The summed E-state index contributed by atoms with van der Waals surface area (Å²) in [5.41, 5.74) is 20.2. The molecular formula is C96H73NO6P2. The van der Waals surface area contributed by atoms with Crippen molar-refractivity contribution in [3.63, 3.8) is 0 Å². The van der Waals surface area contributed by atoms with Gasteiger partial charge in [-0.2, -0.15) is 0 Å². The molecule has 0 spiro atoms. The van der Waals surface area contributed by atoms with Gasteiger partial charge >= 0.3 is 15.5 Å². The van der Waals surface area contributed by atoms with Crippen molar-refractivity contribution in [2.24, 2.45) is 0 Å². The standard InChI is InChI=1S/C96H73NO6P2/c98-104(100-93-85(81-49-57-25-1-9-33-65(57)73-41-17-21-45-77(73)81)53-61-29-5-13-37-69(61)89(93)90-70-38-14-6-30-62(70)54-86(94(90)101-104)82-50-58-26-2-10-34-66(58)74-42-18-22-46-78(74)82)97-105(99)102-95-87(83-51-59-27-3-11-35-67(59)75-43-19-23-47-79(75)83)55-63-31-7-15-39-71(63)91(95)92-72-40-16-8-32-64(72)56-88(96(92)103-105)84-52-60-28-4-12-36-68(60)76-44-20-24-48-80(76)84/h1-4,9-12,17-28,33-36,41-56H,5-8,13-16,29-32,37-40H2,(H,97,98,99). The summed E-state index contributed by atoms with van der Waals surface area (Å²) in [5, 5.41) is 17.4. The zero-order chi connectivity index (χ0) is 69.2. The Morgan fingerprint density at radius 3 is 0.657 bits per heavy atom. The van der Waals surface area contributed by atoms with Crippen LogP contribution in [0.15, 0.2) is 243 Å². The van der Waals surface area contributed by atoms with Gasteiger partial charge in [0.25, 0.3) is 0 Å². The van der Waals surface area contributed by atoms with E-state index in [2.05, 4.69) is 248 Å². The van der Waals surface area contributed by atoms with Crippen LogP contribution in [0.2, 0.25) is 0 Å². The summed E-state index contributed by atoms with van der Waals surface area (Å²) >= 11 is 0. The highest BCUT2D eigenvalue weighted by Crippen LogP contribution is 2.70. The summed E-state index contributed by atoms with van der Waals surface area (Å²) in [6, 6.07) is 87.4. The van der Waals surface area contributed by atoms with Gasteiger partial charge in [0.2, 0.25) is 0 Å². The molecule has 508 valence electrons. The van der Waals surface area contributed by atoms with E-state index in [4.69, 9.17) is 18.1 Å². The smallest absolute Gasteiger partial charge is 0.403 e. The lowest BCUT2D eigenvalue weighted by Crippen LogP contribution is -2.22. The number of benzene rings is 16. The predicted octanol–water partition coefficient (Wildman–Crippen LogP) is 26.5. The Balaban J connectivity index is 0.863. The summed E-state index contributed by atoms with van der Waals surface area (Å²) < 4.78 is 68.7. The number of aryl methyl sites for hydroxylation is 4. The van der Waals surface area contributed by atoms with Crippen LogP contribution in [0.25, 0.3) is 153 Å². The van der Waals surface area contributed by atoms with Crippen molar-refractivity contribution >= 4 is 102 Å². The first-order chi connectivity index (χ1) is 51.8. The van der Waals surface area contributed by atoms with E-state index in [1.807, 2.05) is 0 Å². The molecule has 22 rings (SSSR count). The van der Waals surface area contributed by atoms with Gasteiger partial charge in [-0.15, -0.1) is 0 Å². The summed E-state index contributed by atoms with van der Waals surface area (Å²) in [4.78, 5) is 3.38. The van der Waals surface area contributed by atoms with E-state index < -0.39 is 15.5 Å². The lowest BCUT2D eigenvalue weighted by molar-refractivity contribution is 0.358. The highest BCUT2D eigenvalue weighted by Gasteiger charge is 2.51. The van der Waals surface area contributed by atoms with E-state index in [9.17, 15) is 0 Å². The molecule has 16 aromatic carbocycles. The predicted molar refractivity (Wildman–Crippen MR) is 433 cm³/mol. The molecule has 0 radical (unpaired) electrons. The Bertz CT molecular complexity index is 5840. The fourth-order valence-corrected chi connectivity index (χ4v) is 23.3. The van der Waals surface area contributed by atoms with Gasteiger partial charge in [0.05, 0.1) is 0 Å². The molecule has 0 atom stereocenters. The fraction of sp³-hybridized carbons (Fsp3) is 0.167. The van der Waals surface area contributed by atoms with Crippen molar-refractivity contribution in [1.29, 1.82) is 0 Å². The molecule has 0 saturated carbocycles. The van der Waals surface area contributed by atoms with Crippen molar-refractivity contribution in [2.45, 2.75) is 103 Å². The second-order valence-corrected chi connectivity index (χ2v) is 33.6. The molecule has 2 heterocycles. The van der Waals surface area contributed by atoms with Crippen LogP contribution >= 0.6 is 15.5 Å². The third-order valence-electron chi connectivity index (χ3n) is 24.2. The van der Waals surface area contributed by atoms with Gasteiger partial charge in [0, 0.05) is 44.5 Å². The first kappa shape index (κ1) is 61.7. The molecule has 0 amide bonds. The van der Waals surface area contributed by atoms with Crippen molar-refractivity contribution in [1.82, 2.24) is 4.86 Å². The maximum Gasteiger partial charge on any atom is 0.524 e. The van der Waals surface area contributed by atoms with Gasteiger partial charge in [0.15, 0.2) is 0 Å². The highest BCUT2D eigenvalue weighted by atomic mass is 31.3. The van der Waals surface area contributed by atoms with Crippen LogP contribution < -0.4 is 23.0 Å². The Hall–Kier alpha value is -10.8. The zero-order valence-electron chi connectivity index (χ0n) is 58.3. The summed E-state index contributed by atoms with van der Waals surface area (Å²) in [5.74, 6) is 1.71. The van der Waals surface area contributed by atoms with Crippen LogP contribution in [-0.2, 0) is 60.5 Å². The molecule has 0 fully saturated rings. The Morgan fingerprint density at radius 1 is 0.219 bits per heavy atom. The largest absolute Gasteiger partial charge is 0.524 e. The third kappa shape index (κ3) is 9.67. The maximum atomic E-state index is 18.6. The van der Waals surface area contributed by atoms with E-state index in [0.29, 0.717) is 23.0 Å². The number of rotatable bonds is 6. The maximum absolute atomic E-state index is 18.6. The summed E-state index contributed by atoms with van der Waals surface area (Å²) in [6.45, 7) is 0. The number of fused-ring (bicyclic) bond motifs is 26. The molecule has 0 bridgehead atoms. The average molecular weight is 1400 g/mol. The minimum atomic E-state index is -5.21. The van der Waals surface area contributed by atoms with Crippen molar-refractivity contribution in [3.05, 3.63) is 287 Å². The lowest BCUT2D eigenvalue weighted by atomic mass is 9.76. The van der Waals surface area contributed by atoms with Gasteiger partial charge < -0.3 is 18.1 Å². The van der Waals surface area contributed by atoms with Crippen molar-refractivity contribution in [2.75, 3.05) is 0 Å². The Morgan fingerprint density at radius 2 is 0.419 bits per heavy atom. The molecule has 16 aromatic rings. The topological polar surface area (TPSA) is 83.1 Å². The molecule has 6 aliphatic rings. The minimum absolute atomic E-state index is 0.427. The molecule has 105 heavy (non-hydrogen) atoms. The van der Waals surface area contributed by atoms with E-state index in [0.717, 1.165) is 256 Å². The van der Waals surface area contributed by atoms with Crippen LogP contribution in [0.3, 0.4) is 0 Å². The van der Waals surface area contributed by atoms with E-state index in [1.54, 1.807) is 0 Å². The second-order valence-electron chi connectivity index (χ2n) is 30.1. The third-order valence-corrected chi connectivity index (χ3v) is 27.9. The van der Waals surface area contributed by atoms with Crippen LogP contribution in [0.4, 0.5) is 0 Å². The molecule has 7 nitrogen and oxygen atoms in total. The van der Waals surface area contributed by atoms with Crippen LogP contribution in [0.1, 0.15) is 95.9 Å². The molecular weight excluding hydrogens is 1330 g/mol. The first-order valence-electron chi connectivity index (χ1n) is 37.9. The van der Waals surface area contributed by atoms with Gasteiger partial charge in [-0.05, 0) is 304 Å². The fourth-order valence-electron chi connectivity index (χ4n) is 19.6. The molecule has 4 aliphatic carbocycles. The Labute approximate surface area is 609 Å². The van der Waals surface area contributed by atoms with Crippen LogP contribution in [0, 0.1) is 0 Å². The monoisotopic (exact) mass is 1400 g/mol. The Kier molecular flexibility index (Phi) is 14.0. The van der Waals surface area contributed by atoms with Crippen LogP contribution in [-0.4, -0.2) is 0 Å². The molecule has 0 aromatic heterocycles. The normalized spacial score (nSPS) is 16.2. The van der Waals surface area contributed by atoms with E-state index in [-0.39, 0.29) is 0 Å². The van der Waals surface area contributed by atoms with E-state index in [1.165, 1.54) is 44.5 Å². The first-order valence-corrected chi connectivity index (χ1v) is 41.0. The number of hydrogen-bond donors (Lipinski definition) is 1. The van der Waals surface area contributed by atoms with Gasteiger partial charge in [-0.1, -0.05) is 199 Å². The zero-order valence-corrected chi connectivity index (χ0v) is 60.0. The highest BCUT2D eigenvalue weighted by molar-refractivity contribution is 7.68. The molecule has 2 aliphatic heterocycles. The molecule has 9 heteroatoms. The van der Waals surface area contributed by atoms with Crippen molar-refractivity contribution < 1.29 is 27.2 Å².